The molecule has 0 unspecified atom stereocenters. The number of benzene rings is 1. The first-order chi connectivity index (χ1) is 9.45. The van der Waals surface area contributed by atoms with Crippen molar-refractivity contribution in [1.82, 2.24) is 4.90 Å². The SMILES string of the molecule is COCCN(CCC(N)=S)C(=O)c1cc(Br)ccc1O. The minimum atomic E-state index is -0.280. The van der Waals surface area contributed by atoms with E-state index in [4.69, 9.17) is 22.7 Å². The Balaban J connectivity index is 2.90. The van der Waals surface area contributed by atoms with Crippen LogP contribution in [0, 0.1) is 0 Å². The zero-order valence-electron chi connectivity index (χ0n) is 11.1. The van der Waals surface area contributed by atoms with Crippen LogP contribution in [-0.2, 0) is 4.74 Å². The van der Waals surface area contributed by atoms with E-state index in [9.17, 15) is 9.90 Å². The maximum absolute atomic E-state index is 12.4. The summed E-state index contributed by atoms with van der Waals surface area (Å²) in [6.45, 7) is 1.20. The highest BCUT2D eigenvalue weighted by Gasteiger charge is 2.19. The highest BCUT2D eigenvalue weighted by atomic mass is 79.9. The Kier molecular flexibility index (Phi) is 6.90. The van der Waals surface area contributed by atoms with E-state index in [1.165, 1.54) is 6.07 Å². The van der Waals surface area contributed by atoms with Crippen molar-refractivity contribution in [2.75, 3.05) is 26.8 Å². The van der Waals surface area contributed by atoms with Gasteiger partial charge in [0, 0.05) is 31.1 Å². The number of phenolic OH excluding ortho intramolecular Hbond substituents is 1. The molecule has 0 heterocycles. The van der Waals surface area contributed by atoms with Crippen molar-refractivity contribution < 1.29 is 14.6 Å². The van der Waals surface area contributed by atoms with E-state index >= 15 is 0 Å². The van der Waals surface area contributed by atoms with Crippen LogP contribution >= 0.6 is 28.1 Å². The monoisotopic (exact) mass is 360 g/mol. The number of halogens is 1. The fourth-order valence-corrected chi connectivity index (χ4v) is 2.06. The minimum Gasteiger partial charge on any atom is -0.507 e. The largest absolute Gasteiger partial charge is 0.507 e. The minimum absolute atomic E-state index is 0.0593. The second kappa shape index (κ2) is 8.18. The smallest absolute Gasteiger partial charge is 0.257 e. The molecule has 0 atom stereocenters. The number of hydrogen-bond acceptors (Lipinski definition) is 4. The van der Waals surface area contributed by atoms with Gasteiger partial charge >= 0.3 is 0 Å². The standard InChI is InChI=1S/C13H17BrN2O3S/c1-19-7-6-16(5-4-12(15)20)13(18)10-8-9(14)2-3-11(10)17/h2-3,8,17H,4-7H2,1H3,(H2,15,20). The van der Waals surface area contributed by atoms with Crippen LogP contribution < -0.4 is 5.73 Å². The highest BCUT2D eigenvalue weighted by Crippen LogP contribution is 2.23. The Hall–Kier alpha value is -1.18. The third-order valence-electron chi connectivity index (χ3n) is 2.67. The Morgan fingerprint density at radius 1 is 1.50 bits per heavy atom. The number of hydrogen-bond donors (Lipinski definition) is 2. The van der Waals surface area contributed by atoms with Crippen LogP contribution in [-0.4, -0.2) is 47.7 Å². The molecule has 0 aliphatic rings. The number of nitrogens with zero attached hydrogens (tertiary/aromatic N) is 1. The summed E-state index contributed by atoms with van der Waals surface area (Å²) < 4.78 is 5.71. The molecule has 1 amide bonds. The van der Waals surface area contributed by atoms with Gasteiger partial charge in [-0.2, -0.15) is 0 Å². The maximum Gasteiger partial charge on any atom is 0.257 e. The van der Waals surface area contributed by atoms with E-state index in [1.807, 2.05) is 0 Å². The molecule has 0 spiro atoms. The number of carbonyl (C=O) groups excluding carboxylic acids is 1. The number of nitrogens with two attached hydrogens (primary N) is 1. The van der Waals surface area contributed by atoms with Gasteiger partial charge in [-0.25, -0.2) is 0 Å². The molecular weight excluding hydrogens is 344 g/mol. The first kappa shape index (κ1) is 16.9. The zero-order valence-corrected chi connectivity index (χ0v) is 13.5. The average Bonchev–Trinajstić information content (AvgIpc) is 2.40. The molecule has 7 heteroatoms. The average molecular weight is 361 g/mol. The highest BCUT2D eigenvalue weighted by molar-refractivity contribution is 9.10. The summed E-state index contributed by atoms with van der Waals surface area (Å²) in [6.07, 6.45) is 0.430. The molecule has 0 aromatic heterocycles. The summed E-state index contributed by atoms with van der Waals surface area (Å²) in [4.78, 5) is 14.3. The first-order valence-electron chi connectivity index (χ1n) is 6.00. The lowest BCUT2D eigenvalue weighted by atomic mass is 10.1. The van der Waals surface area contributed by atoms with Gasteiger partial charge in [-0.05, 0) is 18.2 Å². The lowest BCUT2D eigenvalue weighted by Gasteiger charge is -2.22. The number of aromatic hydroxyl groups is 1. The van der Waals surface area contributed by atoms with Gasteiger partial charge in [0.25, 0.3) is 5.91 Å². The summed E-state index contributed by atoms with van der Waals surface area (Å²) in [6, 6.07) is 4.72. The lowest BCUT2D eigenvalue weighted by Crippen LogP contribution is -2.36. The molecule has 0 saturated carbocycles. The second-order valence-electron chi connectivity index (χ2n) is 4.16. The number of rotatable bonds is 7. The third kappa shape index (κ3) is 5.07. The van der Waals surface area contributed by atoms with Crippen LogP contribution in [0.5, 0.6) is 5.75 Å². The normalized spacial score (nSPS) is 10.3. The Morgan fingerprint density at radius 3 is 2.80 bits per heavy atom. The zero-order chi connectivity index (χ0) is 15.1. The molecule has 5 nitrogen and oxygen atoms in total. The third-order valence-corrected chi connectivity index (χ3v) is 3.37. The quantitative estimate of drug-likeness (QED) is 0.726. The van der Waals surface area contributed by atoms with Gasteiger partial charge in [0.05, 0.1) is 17.2 Å². The van der Waals surface area contributed by atoms with E-state index in [1.54, 1.807) is 24.1 Å². The molecule has 20 heavy (non-hydrogen) atoms. The molecular formula is C13H17BrN2O3S. The summed E-state index contributed by atoms with van der Waals surface area (Å²) in [5, 5.41) is 9.81. The molecule has 110 valence electrons. The Labute approximate surface area is 131 Å². The topological polar surface area (TPSA) is 75.8 Å². The number of thiocarbonyl (C=S) groups is 1. The van der Waals surface area contributed by atoms with Crippen LogP contribution in [0.3, 0.4) is 0 Å². The van der Waals surface area contributed by atoms with Crippen molar-refractivity contribution >= 4 is 39.0 Å². The van der Waals surface area contributed by atoms with Gasteiger partial charge in [0.15, 0.2) is 0 Å². The first-order valence-corrected chi connectivity index (χ1v) is 7.21. The van der Waals surface area contributed by atoms with Gasteiger partial charge in [0.2, 0.25) is 0 Å². The predicted octanol–water partition coefficient (Wildman–Crippen LogP) is 1.92. The summed E-state index contributed by atoms with van der Waals surface area (Å²) in [7, 11) is 1.56. The van der Waals surface area contributed by atoms with Crippen LogP contribution in [0.4, 0.5) is 0 Å². The van der Waals surface area contributed by atoms with Crippen molar-refractivity contribution in [2.45, 2.75) is 6.42 Å². The fourth-order valence-electron chi connectivity index (χ4n) is 1.61. The molecule has 0 fully saturated rings. The molecule has 0 saturated heterocycles. The molecule has 1 aromatic rings. The van der Waals surface area contributed by atoms with Crippen molar-refractivity contribution in [3.63, 3.8) is 0 Å². The van der Waals surface area contributed by atoms with Gasteiger partial charge < -0.3 is 20.5 Å². The van der Waals surface area contributed by atoms with Crippen LogP contribution in [0.1, 0.15) is 16.8 Å². The van der Waals surface area contributed by atoms with E-state index in [0.29, 0.717) is 31.1 Å². The molecule has 0 bridgehead atoms. The summed E-state index contributed by atoms with van der Waals surface area (Å²) in [5.41, 5.74) is 5.70. The number of amides is 1. The molecule has 0 aliphatic carbocycles. The van der Waals surface area contributed by atoms with Gasteiger partial charge in [0.1, 0.15) is 5.75 Å². The molecule has 0 radical (unpaired) electrons. The summed E-state index contributed by atoms with van der Waals surface area (Å²) in [5.74, 6) is -0.340. The van der Waals surface area contributed by atoms with Gasteiger partial charge in [-0.15, -0.1) is 0 Å². The molecule has 0 aliphatic heterocycles. The number of carbonyl (C=O) groups is 1. The number of ether oxygens (including phenoxy) is 1. The van der Waals surface area contributed by atoms with Crippen molar-refractivity contribution in [3.05, 3.63) is 28.2 Å². The van der Waals surface area contributed by atoms with Crippen molar-refractivity contribution in [3.8, 4) is 5.75 Å². The fraction of sp³-hybridized carbons (Fsp3) is 0.385. The Morgan fingerprint density at radius 2 is 2.20 bits per heavy atom. The Bertz CT molecular complexity index is 497. The van der Waals surface area contributed by atoms with Crippen molar-refractivity contribution in [1.29, 1.82) is 0 Å². The molecule has 1 aromatic carbocycles. The van der Waals surface area contributed by atoms with Crippen LogP contribution in [0.15, 0.2) is 22.7 Å². The number of methoxy groups -OCH3 is 1. The number of phenols is 1. The predicted molar refractivity (Wildman–Crippen MR) is 85.0 cm³/mol. The van der Waals surface area contributed by atoms with Gasteiger partial charge in [-0.1, -0.05) is 28.1 Å². The summed E-state index contributed by atoms with van der Waals surface area (Å²) >= 11 is 8.11. The molecule has 3 N–H and O–H groups in total. The maximum atomic E-state index is 12.4. The van der Waals surface area contributed by atoms with Crippen LogP contribution in [0.25, 0.3) is 0 Å². The van der Waals surface area contributed by atoms with E-state index in [0.717, 1.165) is 4.47 Å². The van der Waals surface area contributed by atoms with Gasteiger partial charge in [-0.3, -0.25) is 4.79 Å². The lowest BCUT2D eigenvalue weighted by molar-refractivity contribution is 0.0698. The van der Waals surface area contributed by atoms with E-state index in [2.05, 4.69) is 15.9 Å². The van der Waals surface area contributed by atoms with E-state index < -0.39 is 0 Å². The second-order valence-corrected chi connectivity index (χ2v) is 5.60. The van der Waals surface area contributed by atoms with Crippen LogP contribution in [0.2, 0.25) is 0 Å². The molecule has 1 rings (SSSR count). The van der Waals surface area contributed by atoms with E-state index in [-0.39, 0.29) is 17.2 Å². The van der Waals surface area contributed by atoms with Crippen molar-refractivity contribution in [2.24, 2.45) is 5.73 Å².